The van der Waals surface area contributed by atoms with Gasteiger partial charge in [0.1, 0.15) is 16.9 Å². The predicted molar refractivity (Wildman–Crippen MR) is 130 cm³/mol. The Kier molecular flexibility index (Phi) is 6.12. The molecule has 9 heteroatoms. The fraction of sp³-hybridized carbons (Fsp3) is 0.360. The predicted octanol–water partition coefficient (Wildman–Crippen LogP) is 2.91. The Morgan fingerprint density at radius 3 is 2.91 bits per heavy atom. The topological polar surface area (TPSA) is 113 Å². The summed E-state index contributed by atoms with van der Waals surface area (Å²) in [5.74, 6) is 2.02. The van der Waals surface area contributed by atoms with Gasteiger partial charge in [-0.15, -0.1) is 0 Å². The highest BCUT2D eigenvalue weighted by molar-refractivity contribution is 6.03. The van der Waals surface area contributed by atoms with Crippen molar-refractivity contribution in [2.45, 2.75) is 25.5 Å². The zero-order chi connectivity index (χ0) is 23.7. The number of hydrogen-bond donors (Lipinski definition) is 3. The minimum Gasteiger partial charge on any atom is -0.493 e. The standard InChI is InChI=1S/C25H28N4O5/c1-32-20-5-3-4-15(23(20)33-2)8-10-26-16-6-7-19-18(12-16)22-24(34-19)25(31)28-21(27-22)14-29-11-9-17(30)13-29/h3-7,12,17,26,30H,8-11,13-14H2,1-2H3,(H,27,28,31)/t17-/m0/s1. The number of aliphatic hydroxyl groups excluding tert-OH is 1. The van der Waals surface area contributed by atoms with Gasteiger partial charge in [0.25, 0.3) is 5.56 Å². The maximum absolute atomic E-state index is 12.6. The molecule has 9 nitrogen and oxygen atoms in total. The van der Waals surface area contributed by atoms with Crippen molar-refractivity contribution in [3.63, 3.8) is 0 Å². The first-order valence-electron chi connectivity index (χ1n) is 11.4. The number of ether oxygens (including phenoxy) is 2. The number of likely N-dealkylation sites (tertiary alicyclic amines) is 1. The van der Waals surface area contributed by atoms with Crippen LogP contribution in [0, 0.1) is 0 Å². The average Bonchev–Trinajstić information content (AvgIpc) is 3.42. The van der Waals surface area contributed by atoms with Crippen molar-refractivity contribution < 1.29 is 19.0 Å². The number of aliphatic hydroxyl groups is 1. The number of para-hydroxylation sites is 1. The number of hydrogen-bond acceptors (Lipinski definition) is 8. The summed E-state index contributed by atoms with van der Waals surface area (Å²) in [5.41, 5.74) is 3.04. The van der Waals surface area contributed by atoms with Crippen LogP contribution < -0.4 is 20.3 Å². The smallest absolute Gasteiger partial charge is 0.294 e. The first kappa shape index (κ1) is 22.2. The largest absolute Gasteiger partial charge is 0.493 e. The molecule has 0 spiro atoms. The first-order valence-corrected chi connectivity index (χ1v) is 11.4. The molecule has 0 amide bonds. The monoisotopic (exact) mass is 464 g/mol. The van der Waals surface area contributed by atoms with E-state index in [1.54, 1.807) is 14.2 Å². The van der Waals surface area contributed by atoms with Crippen molar-refractivity contribution in [1.29, 1.82) is 0 Å². The van der Waals surface area contributed by atoms with Gasteiger partial charge in [0.05, 0.1) is 26.9 Å². The van der Waals surface area contributed by atoms with Crippen LogP contribution in [0.2, 0.25) is 0 Å². The molecule has 3 heterocycles. The third-order valence-corrected chi connectivity index (χ3v) is 6.20. The highest BCUT2D eigenvalue weighted by Crippen LogP contribution is 2.31. The Bertz CT molecular complexity index is 1380. The number of β-amino-alcohol motifs (C(OH)–C–C–N with tert-alkyl or cyclic N) is 1. The van der Waals surface area contributed by atoms with Crippen LogP contribution in [0.15, 0.2) is 45.6 Å². The molecule has 0 bridgehead atoms. The maximum Gasteiger partial charge on any atom is 0.294 e. The van der Waals surface area contributed by atoms with Crippen molar-refractivity contribution in [1.82, 2.24) is 14.9 Å². The summed E-state index contributed by atoms with van der Waals surface area (Å²) in [6.45, 7) is 2.53. The van der Waals surface area contributed by atoms with E-state index in [0.29, 0.717) is 42.3 Å². The number of benzene rings is 2. The second-order valence-electron chi connectivity index (χ2n) is 8.51. The van der Waals surface area contributed by atoms with Crippen LogP contribution in [0.3, 0.4) is 0 Å². The number of nitrogens with one attached hydrogen (secondary N) is 2. The molecule has 0 saturated carbocycles. The lowest BCUT2D eigenvalue weighted by molar-refractivity contribution is 0.174. The number of fused-ring (bicyclic) bond motifs is 3. The Balaban J connectivity index is 1.37. The SMILES string of the molecule is COc1cccc(CCNc2ccc3oc4c(=O)[nH]c(CN5CC[C@H](O)C5)nc4c3c2)c1OC. The molecule has 1 aliphatic rings. The van der Waals surface area contributed by atoms with E-state index in [1.165, 1.54) is 0 Å². The molecular formula is C25H28N4O5. The molecule has 34 heavy (non-hydrogen) atoms. The van der Waals surface area contributed by atoms with Crippen molar-refractivity contribution in [3.8, 4) is 11.5 Å². The Morgan fingerprint density at radius 2 is 2.15 bits per heavy atom. The average molecular weight is 465 g/mol. The van der Waals surface area contributed by atoms with Gasteiger partial charge in [0.15, 0.2) is 11.5 Å². The Hall–Kier alpha value is -3.56. The zero-order valence-corrected chi connectivity index (χ0v) is 19.3. The van der Waals surface area contributed by atoms with Crippen molar-refractivity contribution in [3.05, 3.63) is 58.1 Å². The van der Waals surface area contributed by atoms with Crippen LogP contribution in [-0.4, -0.2) is 59.9 Å². The molecule has 4 aromatic rings. The number of nitrogens with zero attached hydrogens (tertiary/aromatic N) is 2. The quantitative estimate of drug-likeness (QED) is 0.365. The van der Waals surface area contributed by atoms with Gasteiger partial charge < -0.3 is 29.3 Å². The molecule has 1 fully saturated rings. The van der Waals surface area contributed by atoms with Gasteiger partial charge in [-0.1, -0.05) is 12.1 Å². The van der Waals surface area contributed by atoms with Crippen molar-refractivity contribution in [2.24, 2.45) is 0 Å². The lowest BCUT2D eigenvalue weighted by atomic mass is 10.1. The molecule has 1 atom stereocenters. The van der Waals surface area contributed by atoms with Gasteiger partial charge >= 0.3 is 0 Å². The summed E-state index contributed by atoms with van der Waals surface area (Å²) in [4.78, 5) is 22.2. The maximum atomic E-state index is 12.6. The van der Waals surface area contributed by atoms with Crippen LogP contribution in [0.4, 0.5) is 5.69 Å². The fourth-order valence-electron chi connectivity index (χ4n) is 4.54. The zero-order valence-electron chi connectivity index (χ0n) is 19.3. The lowest BCUT2D eigenvalue weighted by Crippen LogP contribution is -2.24. The minimum atomic E-state index is -0.323. The van der Waals surface area contributed by atoms with E-state index >= 15 is 0 Å². The number of aromatic amines is 1. The second kappa shape index (κ2) is 9.36. The van der Waals surface area contributed by atoms with E-state index in [1.807, 2.05) is 36.4 Å². The number of aromatic nitrogens is 2. The molecule has 0 unspecified atom stereocenters. The van der Waals surface area contributed by atoms with E-state index in [-0.39, 0.29) is 17.2 Å². The summed E-state index contributed by atoms with van der Waals surface area (Å²) in [5, 5.41) is 14.0. The van der Waals surface area contributed by atoms with E-state index in [2.05, 4.69) is 15.2 Å². The lowest BCUT2D eigenvalue weighted by Gasteiger charge is -2.13. The van der Waals surface area contributed by atoms with E-state index in [9.17, 15) is 9.90 Å². The second-order valence-corrected chi connectivity index (χ2v) is 8.51. The highest BCUT2D eigenvalue weighted by Gasteiger charge is 2.22. The number of anilines is 1. The van der Waals surface area contributed by atoms with E-state index in [0.717, 1.165) is 41.8 Å². The van der Waals surface area contributed by atoms with Crippen LogP contribution >= 0.6 is 0 Å². The number of furan rings is 1. The van der Waals surface area contributed by atoms with Crippen molar-refractivity contribution >= 4 is 27.8 Å². The summed E-state index contributed by atoms with van der Waals surface area (Å²) in [6, 6.07) is 11.6. The van der Waals surface area contributed by atoms with Gasteiger partial charge in [-0.2, -0.15) is 0 Å². The number of H-pyrrole nitrogens is 1. The Morgan fingerprint density at radius 1 is 1.26 bits per heavy atom. The molecule has 0 radical (unpaired) electrons. The molecular weight excluding hydrogens is 436 g/mol. The third-order valence-electron chi connectivity index (χ3n) is 6.20. The van der Waals surface area contributed by atoms with E-state index < -0.39 is 0 Å². The molecule has 2 aromatic heterocycles. The fourth-order valence-corrected chi connectivity index (χ4v) is 4.54. The summed E-state index contributed by atoms with van der Waals surface area (Å²) >= 11 is 0. The van der Waals surface area contributed by atoms with Crippen molar-refractivity contribution in [2.75, 3.05) is 39.2 Å². The van der Waals surface area contributed by atoms with Crippen LogP contribution in [0.5, 0.6) is 11.5 Å². The van der Waals surface area contributed by atoms with Gasteiger partial charge in [0.2, 0.25) is 5.58 Å². The molecule has 1 saturated heterocycles. The Labute approximate surface area is 196 Å². The van der Waals surface area contributed by atoms with E-state index in [4.69, 9.17) is 18.9 Å². The normalized spacial score (nSPS) is 16.4. The van der Waals surface area contributed by atoms with Gasteiger partial charge in [-0.25, -0.2) is 4.98 Å². The summed E-state index contributed by atoms with van der Waals surface area (Å²) in [6.07, 6.45) is 1.15. The molecule has 2 aromatic carbocycles. The summed E-state index contributed by atoms with van der Waals surface area (Å²) < 4.78 is 16.7. The molecule has 5 rings (SSSR count). The van der Waals surface area contributed by atoms with Crippen LogP contribution in [0.25, 0.3) is 22.1 Å². The number of methoxy groups -OCH3 is 2. The molecule has 178 valence electrons. The molecule has 0 aliphatic carbocycles. The van der Waals surface area contributed by atoms with Crippen LogP contribution in [0.1, 0.15) is 17.8 Å². The van der Waals surface area contributed by atoms with Crippen LogP contribution in [-0.2, 0) is 13.0 Å². The van der Waals surface area contributed by atoms with Gasteiger partial charge in [-0.05, 0) is 42.7 Å². The number of rotatable bonds is 8. The molecule has 3 N–H and O–H groups in total. The highest BCUT2D eigenvalue weighted by atomic mass is 16.5. The summed E-state index contributed by atoms with van der Waals surface area (Å²) in [7, 11) is 3.27. The van der Waals surface area contributed by atoms with Gasteiger partial charge in [0, 0.05) is 30.7 Å². The minimum absolute atomic E-state index is 0.221. The first-order chi connectivity index (χ1) is 16.6. The molecule has 1 aliphatic heterocycles. The van der Waals surface area contributed by atoms with Gasteiger partial charge in [-0.3, -0.25) is 9.69 Å². The third kappa shape index (κ3) is 4.32.